The van der Waals surface area contributed by atoms with E-state index in [0.717, 1.165) is 23.1 Å². The zero-order chi connectivity index (χ0) is 14.4. The van der Waals surface area contributed by atoms with Gasteiger partial charge in [-0.1, -0.05) is 6.07 Å². The first kappa shape index (κ1) is 12.9. The van der Waals surface area contributed by atoms with Crippen molar-refractivity contribution in [2.75, 3.05) is 19.6 Å². The molecule has 21 heavy (non-hydrogen) atoms. The number of carbonyl (C=O) groups excluding carboxylic acids is 1. The third-order valence-electron chi connectivity index (χ3n) is 5.00. The van der Waals surface area contributed by atoms with E-state index in [9.17, 15) is 4.79 Å². The fraction of sp³-hybridized carbons (Fsp3) is 0.471. The zero-order valence-electron chi connectivity index (χ0n) is 12.3. The van der Waals surface area contributed by atoms with Crippen LogP contribution in [0.4, 0.5) is 0 Å². The highest BCUT2D eigenvalue weighted by Gasteiger charge is 2.34. The summed E-state index contributed by atoms with van der Waals surface area (Å²) in [5.41, 5.74) is 2.58. The molecule has 1 atom stereocenters. The van der Waals surface area contributed by atoms with Gasteiger partial charge < -0.3 is 14.6 Å². The summed E-state index contributed by atoms with van der Waals surface area (Å²) in [7, 11) is 0. The van der Waals surface area contributed by atoms with Gasteiger partial charge in [0.15, 0.2) is 0 Å². The maximum atomic E-state index is 12.5. The number of nitrogens with zero attached hydrogens (tertiary/aromatic N) is 1. The molecular formula is C17H20N2O2. The number of carbonyl (C=O) groups is 1. The van der Waals surface area contributed by atoms with Crippen LogP contribution in [0.3, 0.4) is 0 Å². The lowest BCUT2D eigenvalue weighted by Gasteiger charge is -2.44. The molecule has 2 aromatic rings. The number of hydrogen-bond donors (Lipinski definition) is 1. The fourth-order valence-corrected chi connectivity index (χ4v) is 3.68. The smallest absolute Gasteiger partial charge is 0.251 e. The lowest BCUT2D eigenvalue weighted by molar-refractivity contribution is 0.0620. The number of nitrogens with one attached hydrogen (secondary N) is 1. The molecule has 0 aliphatic carbocycles. The molecule has 0 saturated carbocycles. The van der Waals surface area contributed by atoms with E-state index in [1.54, 1.807) is 6.26 Å². The Balaban J connectivity index is 1.53. The maximum absolute atomic E-state index is 12.5. The number of piperidine rings is 3. The van der Waals surface area contributed by atoms with Crippen molar-refractivity contribution in [1.29, 1.82) is 0 Å². The molecule has 1 aromatic carbocycles. The summed E-state index contributed by atoms with van der Waals surface area (Å²) in [6.07, 6.45) is 4.16. The summed E-state index contributed by atoms with van der Waals surface area (Å²) < 4.78 is 5.49. The first-order valence-electron chi connectivity index (χ1n) is 7.72. The van der Waals surface area contributed by atoms with Gasteiger partial charge in [0, 0.05) is 23.5 Å². The van der Waals surface area contributed by atoms with Gasteiger partial charge in [-0.3, -0.25) is 4.79 Å². The predicted molar refractivity (Wildman–Crippen MR) is 81.4 cm³/mol. The van der Waals surface area contributed by atoms with Crippen molar-refractivity contribution in [3.8, 4) is 0 Å². The van der Waals surface area contributed by atoms with Crippen LogP contribution >= 0.6 is 0 Å². The van der Waals surface area contributed by atoms with Crippen molar-refractivity contribution < 1.29 is 9.21 Å². The predicted octanol–water partition coefficient (Wildman–Crippen LogP) is 2.57. The number of aryl methyl sites for hydroxylation is 1. The van der Waals surface area contributed by atoms with E-state index in [1.165, 1.54) is 25.9 Å². The van der Waals surface area contributed by atoms with Gasteiger partial charge in [-0.2, -0.15) is 0 Å². The average Bonchev–Trinajstić information content (AvgIpc) is 2.89. The van der Waals surface area contributed by atoms with Crippen molar-refractivity contribution in [1.82, 2.24) is 10.2 Å². The van der Waals surface area contributed by atoms with E-state index in [2.05, 4.69) is 10.2 Å². The first-order valence-corrected chi connectivity index (χ1v) is 7.72. The lowest BCUT2D eigenvalue weighted by atomic mass is 9.84. The standard InChI is InChI=1S/C17H20N2O2/c1-11-10-21-16-8-13(2-3-14(11)16)17(20)18-15-9-19-6-4-12(15)5-7-19/h2-3,8,10,12,15H,4-7,9H2,1H3,(H,18,20). The fourth-order valence-electron chi connectivity index (χ4n) is 3.68. The van der Waals surface area contributed by atoms with Crippen LogP contribution in [0, 0.1) is 12.8 Å². The Kier molecular flexibility index (Phi) is 3.00. The summed E-state index contributed by atoms with van der Waals surface area (Å²) >= 11 is 0. The molecule has 2 bridgehead atoms. The molecule has 0 radical (unpaired) electrons. The molecule has 110 valence electrons. The van der Waals surface area contributed by atoms with Gasteiger partial charge in [0.25, 0.3) is 5.91 Å². The Bertz CT molecular complexity index is 683. The highest BCUT2D eigenvalue weighted by atomic mass is 16.3. The Hall–Kier alpha value is -1.81. The highest BCUT2D eigenvalue weighted by molar-refractivity contribution is 5.98. The van der Waals surface area contributed by atoms with E-state index in [1.807, 2.05) is 25.1 Å². The van der Waals surface area contributed by atoms with Crippen LogP contribution in [-0.4, -0.2) is 36.5 Å². The maximum Gasteiger partial charge on any atom is 0.251 e. The number of furan rings is 1. The van der Waals surface area contributed by atoms with Crippen LogP contribution < -0.4 is 5.32 Å². The second-order valence-electron chi connectivity index (χ2n) is 6.35. The van der Waals surface area contributed by atoms with Gasteiger partial charge >= 0.3 is 0 Å². The third kappa shape index (κ3) is 2.23. The number of hydrogen-bond acceptors (Lipinski definition) is 3. The van der Waals surface area contributed by atoms with E-state index >= 15 is 0 Å². The Morgan fingerprint density at radius 1 is 1.33 bits per heavy atom. The second-order valence-corrected chi connectivity index (χ2v) is 6.35. The minimum Gasteiger partial charge on any atom is -0.464 e. The molecule has 3 saturated heterocycles. The van der Waals surface area contributed by atoms with Crippen LogP contribution in [0.25, 0.3) is 11.0 Å². The van der Waals surface area contributed by atoms with E-state index in [4.69, 9.17) is 4.42 Å². The van der Waals surface area contributed by atoms with Crippen LogP contribution in [0.5, 0.6) is 0 Å². The normalized spacial score (nSPS) is 28.0. The summed E-state index contributed by atoms with van der Waals surface area (Å²) in [6.45, 7) is 5.39. The van der Waals surface area contributed by atoms with Crippen LogP contribution in [-0.2, 0) is 0 Å². The van der Waals surface area contributed by atoms with Crippen molar-refractivity contribution in [2.45, 2.75) is 25.8 Å². The van der Waals surface area contributed by atoms with E-state index < -0.39 is 0 Å². The lowest BCUT2D eigenvalue weighted by Crippen LogP contribution is -2.57. The molecule has 1 amide bonds. The van der Waals surface area contributed by atoms with Crippen LogP contribution in [0.1, 0.15) is 28.8 Å². The van der Waals surface area contributed by atoms with E-state index in [0.29, 0.717) is 17.5 Å². The van der Waals surface area contributed by atoms with Crippen LogP contribution in [0.2, 0.25) is 0 Å². The molecule has 1 aromatic heterocycles. The van der Waals surface area contributed by atoms with Gasteiger partial charge in [0.05, 0.1) is 6.26 Å². The molecule has 3 fully saturated rings. The first-order chi connectivity index (χ1) is 10.2. The molecule has 3 aliphatic rings. The number of amides is 1. The average molecular weight is 284 g/mol. The molecule has 1 unspecified atom stereocenters. The summed E-state index contributed by atoms with van der Waals surface area (Å²) in [5.74, 6) is 0.665. The summed E-state index contributed by atoms with van der Waals surface area (Å²) in [4.78, 5) is 14.9. The molecular weight excluding hydrogens is 264 g/mol. The number of rotatable bonds is 2. The number of fused-ring (bicyclic) bond motifs is 4. The zero-order valence-corrected chi connectivity index (χ0v) is 12.3. The Labute approximate surface area is 124 Å². The minimum atomic E-state index is 0.0182. The van der Waals surface area contributed by atoms with Gasteiger partial charge in [-0.25, -0.2) is 0 Å². The van der Waals surface area contributed by atoms with Gasteiger partial charge in [0.1, 0.15) is 5.58 Å². The highest BCUT2D eigenvalue weighted by Crippen LogP contribution is 2.28. The molecule has 4 heteroatoms. The summed E-state index contributed by atoms with van der Waals surface area (Å²) in [5, 5.41) is 4.29. The van der Waals surface area contributed by atoms with Crippen molar-refractivity contribution in [2.24, 2.45) is 5.92 Å². The third-order valence-corrected chi connectivity index (χ3v) is 5.00. The minimum absolute atomic E-state index is 0.0182. The number of benzene rings is 1. The van der Waals surface area contributed by atoms with Crippen molar-refractivity contribution in [3.63, 3.8) is 0 Å². The topological polar surface area (TPSA) is 45.5 Å². The van der Waals surface area contributed by atoms with E-state index in [-0.39, 0.29) is 5.91 Å². The van der Waals surface area contributed by atoms with Crippen molar-refractivity contribution >= 4 is 16.9 Å². The Morgan fingerprint density at radius 2 is 2.14 bits per heavy atom. The molecule has 5 rings (SSSR count). The SMILES string of the molecule is Cc1coc2cc(C(=O)NC3CN4CCC3CC4)ccc12. The molecule has 4 nitrogen and oxygen atoms in total. The van der Waals surface area contributed by atoms with Crippen molar-refractivity contribution in [3.05, 3.63) is 35.6 Å². The Morgan fingerprint density at radius 3 is 2.86 bits per heavy atom. The van der Waals surface area contributed by atoms with Gasteiger partial charge in [0.2, 0.25) is 0 Å². The van der Waals surface area contributed by atoms with Crippen LogP contribution in [0.15, 0.2) is 28.9 Å². The molecule has 1 N–H and O–H groups in total. The largest absolute Gasteiger partial charge is 0.464 e. The molecule has 3 aliphatic heterocycles. The van der Waals surface area contributed by atoms with Gasteiger partial charge in [-0.05, 0) is 56.5 Å². The second kappa shape index (κ2) is 4.88. The summed E-state index contributed by atoms with van der Waals surface area (Å²) in [6, 6.07) is 6.01. The molecule has 4 heterocycles. The van der Waals surface area contributed by atoms with Gasteiger partial charge in [-0.15, -0.1) is 0 Å². The monoisotopic (exact) mass is 284 g/mol. The molecule has 0 spiro atoms. The quantitative estimate of drug-likeness (QED) is 0.922.